The Labute approximate surface area is 121 Å². The van der Waals surface area contributed by atoms with Gasteiger partial charge in [0.2, 0.25) is 0 Å². The molecule has 20 heavy (non-hydrogen) atoms. The van der Waals surface area contributed by atoms with E-state index in [1.54, 1.807) is 13.2 Å². The zero-order valence-corrected chi connectivity index (χ0v) is 12.4. The van der Waals surface area contributed by atoms with Crippen LogP contribution in [0, 0.1) is 17.8 Å². The number of nitrogens with one attached hydrogen (secondary N) is 1. The molecule has 2 fully saturated rings. The summed E-state index contributed by atoms with van der Waals surface area (Å²) in [5.41, 5.74) is 0.953. The first-order chi connectivity index (χ1) is 9.67. The first-order valence-electron chi connectivity index (χ1n) is 7.77. The van der Waals surface area contributed by atoms with Gasteiger partial charge < -0.3 is 15.2 Å². The molecule has 0 heterocycles. The van der Waals surface area contributed by atoms with Gasteiger partial charge in [0.1, 0.15) is 11.5 Å². The minimum absolute atomic E-state index is 0.181. The Balaban J connectivity index is 1.57. The molecule has 4 atom stereocenters. The highest BCUT2D eigenvalue weighted by atomic mass is 16.5. The van der Waals surface area contributed by atoms with Crippen molar-refractivity contribution < 1.29 is 9.84 Å². The summed E-state index contributed by atoms with van der Waals surface area (Å²) in [7, 11) is 1.62. The molecule has 0 radical (unpaired) electrons. The van der Waals surface area contributed by atoms with E-state index in [1.807, 2.05) is 12.1 Å². The Hall–Kier alpha value is -1.22. The minimum Gasteiger partial charge on any atom is -0.507 e. The number of phenolic OH excluding ortho intramolecular Hbond substituents is 1. The Morgan fingerprint density at radius 1 is 1.35 bits per heavy atom. The van der Waals surface area contributed by atoms with Crippen LogP contribution in [0.5, 0.6) is 11.5 Å². The lowest BCUT2D eigenvalue weighted by Crippen LogP contribution is -2.28. The van der Waals surface area contributed by atoms with Crippen molar-refractivity contribution in [1.29, 1.82) is 0 Å². The average molecular weight is 275 g/mol. The van der Waals surface area contributed by atoms with Crippen molar-refractivity contribution in [1.82, 2.24) is 5.32 Å². The molecule has 2 saturated carbocycles. The van der Waals surface area contributed by atoms with Crippen molar-refractivity contribution in [2.75, 3.05) is 13.7 Å². The molecule has 0 saturated heterocycles. The van der Waals surface area contributed by atoms with Gasteiger partial charge in [-0.3, -0.25) is 0 Å². The molecule has 2 aliphatic rings. The molecular weight excluding hydrogens is 250 g/mol. The number of hydrogen-bond acceptors (Lipinski definition) is 3. The number of methoxy groups -OCH3 is 1. The van der Waals surface area contributed by atoms with E-state index < -0.39 is 0 Å². The third kappa shape index (κ3) is 2.64. The highest BCUT2D eigenvalue weighted by Crippen LogP contribution is 2.48. The monoisotopic (exact) mass is 275 g/mol. The van der Waals surface area contributed by atoms with Gasteiger partial charge in [-0.25, -0.2) is 0 Å². The molecule has 4 unspecified atom stereocenters. The second kappa shape index (κ2) is 5.65. The van der Waals surface area contributed by atoms with Crippen molar-refractivity contribution in [2.24, 2.45) is 17.8 Å². The van der Waals surface area contributed by atoms with E-state index >= 15 is 0 Å². The van der Waals surface area contributed by atoms with Crippen molar-refractivity contribution in [3.8, 4) is 11.5 Å². The van der Waals surface area contributed by atoms with Gasteiger partial charge in [-0.05, 0) is 56.6 Å². The molecule has 0 spiro atoms. The van der Waals surface area contributed by atoms with Crippen molar-refractivity contribution in [3.05, 3.63) is 23.8 Å². The second-order valence-electron chi connectivity index (χ2n) is 6.49. The second-order valence-corrected chi connectivity index (χ2v) is 6.49. The molecule has 3 rings (SSSR count). The maximum Gasteiger partial charge on any atom is 0.124 e. The van der Waals surface area contributed by atoms with Crippen LogP contribution in [-0.2, 0) is 0 Å². The molecular formula is C17H25NO2. The van der Waals surface area contributed by atoms with Crippen LogP contribution in [0.4, 0.5) is 0 Å². The van der Waals surface area contributed by atoms with Crippen molar-refractivity contribution >= 4 is 0 Å². The van der Waals surface area contributed by atoms with Gasteiger partial charge in [0, 0.05) is 17.7 Å². The molecule has 1 aromatic carbocycles. The SMILES string of the molecule is COc1ccc(C(C)NCC2CC3CCC2C3)c(O)c1. The molecule has 3 nitrogen and oxygen atoms in total. The van der Waals surface area contributed by atoms with E-state index in [9.17, 15) is 5.11 Å². The summed E-state index contributed by atoms with van der Waals surface area (Å²) in [5.74, 6) is 3.81. The van der Waals surface area contributed by atoms with Gasteiger partial charge in [-0.1, -0.05) is 12.5 Å². The smallest absolute Gasteiger partial charge is 0.124 e. The fourth-order valence-electron chi connectivity index (χ4n) is 4.08. The van der Waals surface area contributed by atoms with E-state index in [0.717, 1.165) is 29.9 Å². The van der Waals surface area contributed by atoms with E-state index in [2.05, 4.69) is 12.2 Å². The highest BCUT2D eigenvalue weighted by molar-refractivity contribution is 5.41. The standard InChI is InChI=1S/C17H25NO2/c1-11(16-6-5-15(20-2)9-17(16)19)18-10-14-8-12-3-4-13(14)7-12/h5-6,9,11-14,18-19H,3-4,7-8,10H2,1-2H3. The normalized spacial score (nSPS) is 29.6. The Morgan fingerprint density at radius 3 is 2.80 bits per heavy atom. The van der Waals surface area contributed by atoms with E-state index in [-0.39, 0.29) is 6.04 Å². The van der Waals surface area contributed by atoms with Crippen LogP contribution in [0.15, 0.2) is 18.2 Å². The summed E-state index contributed by atoms with van der Waals surface area (Å²) < 4.78 is 5.12. The maximum atomic E-state index is 10.1. The first kappa shape index (κ1) is 13.7. The van der Waals surface area contributed by atoms with E-state index in [0.29, 0.717) is 11.5 Å². The van der Waals surface area contributed by atoms with Crippen LogP contribution in [0.3, 0.4) is 0 Å². The number of hydrogen-bond donors (Lipinski definition) is 2. The number of ether oxygens (including phenoxy) is 1. The average Bonchev–Trinajstić information content (AvgIpc) is 3.07. The summed E-state index contributed by atoms with van der Waals surface area (Å²) in [6, 6.07) is 5.72. The zero-order valence-electron chi connectivity index (χ0n) is 12.4. The van der Waals surface area contributed by atoms with Gasteiger partial charge in [0.25, 0.3) is 0 Å². The summed E-state index contributed by atoms with van der Waals surface area (Å²) in [6.07, 6.45) is 5.74. The van der Waals surface area contributed by atoms with Crippen LogP contribution in [0.2, 0.25) is 0 Å². The molecule has 2 bridgehead atoms. The molecule has 3 heteroatoms. The molecule has 110 valence electrons. The number of phenols is 1. The fraction of sp³-hybridized carbons (Fsp3) is 0.647. The van der Waals surface area contributed by atoms with Crippen LogP contribution >= 0.6 is 0 Å². The lowest BCUT2D eigenvalue weighted by molar-refractivity contribution is 0.308. The predicted octanol–water partition coefficient (Wildman–Crippen LogP) is 3.49. The Morgan fingerprint density at radius 2 is 2.20 bits per heavy atom. The van der Waals surface area contributed by atoms with Crippen molar-refractivity contribution in [3.63, 3.8) is 0 Å². The zero-order chi connectivity index (χ0) is 14.1. The molecule has 0 aliphatic heterocycles. The van der Waals surface area contributed by atoms with E-state index in [4.69, 9.17) is 4.74 Å². The topological polar surface area (TPSA) is 41.5 Å². The molecule has 2 N–H and O–H groups in total. The number of benzene rings is 1. The van der Waals surface area contributed by atoms with Crippen LogP contribution in [-0.4, -0.2) is 18.8 Å². The third-order valence-electron chi connectivity index (χ3n) is 5.27. The van der Waals surface area contributed by atoms with Gasteiger partial charge in [0.15, 0.2) is 0 Å². The highest BCUT2D eigenvalue weighted by Gasteiger charge is 2.39. The molecule has 1 aromatic rings. The quantitative estimate of drug-likeness (QED) is 0.864. The Bertz CT molecular complexity index is 474. The fourth-order valence-corrected chi connectivity index (χ4v) is 4.08. The molecule has 2 aliphatic carbocycles. The summed E-state index contributed by atoms with van der Waals surface area (Å²) >= 11 is 0. The van der Waals surface area contributed by atoms with Crippen LogP contribution in [0.25, 0.3) is 0 Å². The predicted molar refractivity (Wildman–Crippen MR) is 80.0 cm³/mol. The number of rotatable bonds is 5. The largest absolute Gasteiger partial charge is 0.507 e. The summed E-state index contributed by atoms with van der Waals surface area (Å²) in [5, 5.41) is 13.7. The van der Waals surface area contributed by atoms with Gasteiger partial charge >= 0.3 is 0 Å². The van der Waals surface area contributed by atoms with Gasteiger partial charge in [-0.2, -0.15) is 0 Å². The lowest BCUT2D eigenvalue weighted by Gasteiger charge is -2.24. The van der Waals surface area contributed by atoms with Crippen LogP contribution < -0.4 is 10.1 Å². The third-order valence-corrected chi connectivity index (χ3v) is 5.27. The van der Waals surface area contributed by atoms with Gasteiger partial charge in [-0.15, -0.1) is 0 Å². The lowest BCUT2D eigenvalue weighted by atomic mass is 9.88. The summed E-state index contributed by atoms with van der Waals surface area (Å²) in [6.45, 7) is 3.20. The van der Waals surface area contributed by atoms with Crippen LogP contribution in [0.1, 0.15) is 44.2 Å². The first-order valence-corrected chi connectivity index (χ1v) is 7.77. The van der Waals surface area contributed by atoms with E-state index in [1.165, 1.54) is 25.7 Å². The number of aromatic hydroxyl groups is 1. The van der Waals surface area contributed by atoms with Crippen molar-refractivity contribution in [2.45, 2.75) is 38.6 Å². The molecule has 0 aromatic heterocycles. The number of fused-ring (bicyclic) bond motifs is 2. The molecule has 0 amide bonds. The minimum atomic E-state index is 0.181. The van der Waals surface area contributed by atoms with Gasteiger partial charge in [0.05, 0.1) is 7.11 Å². The Kier molecular flexibility index (Phi) is 3.88. The maximum absolute atomic E-state index is 10.1. The summed E-state index contributed by atoms with van der Waals surface area (Å²) in [4.78, 5) is 0.